The molecule has 0 aliphatic heterocycles. The molecule has 4 aromatic rings. The van der Waals surface area contributed by atoms with E-state index in [9.17, 15) is 4.79 Å². The monoisotopic (exact) mass is 408 g/mol. The topological polar surface area (TPSA) is 88.5 Å². The van der Waals surface area contributed by atoms with Gasteiger partial charge in [-0.1, -0.05) is 29.8 Å². The maximum Gasteiger partial charge on any atom is 0.251 e. The van der Waals surface area contributed by atoms with Gasteiger partial charge in [0.15, 0.2) is 5.82 Å². The van der Waals surface area contributed by atoms with Crippen LogP contribution in [0.5, 0.6) is 0 Å². The lowest BCUT2D eigenvalue weighted by Gasteiger charge is -2.08. The minimum atomic E-state index is -0.0921. The van der Waals surface area contributed by atoms with Crippen LogP contribution in [-0.4, -0.2) is 36.9 Å². The molecule has 0 fully saturated rings. The molecular weight excluding hydrogens is 388 g/mol. The fourth-order valence-corrected chi connectivity index (χ4v) is 3.42. The van der Waals surface area contributed by atoms with E-state index in [2.05, 4.69) is 25.6 Å². The number of H-pyrrole nitrogens is 1. The standard InChI is InChI=1S/C21H21ClN6O/c1-12(2)24-21(29)14-6-4-13(5-7-14)20-25-18(28(3)27-20)10-15-8-9-17-16(19(15)22)11-23-26-17/h4-9,11-12H,10H2,1-3H3,(H,23,26)(H,24,29). The zero-order valence-electron chi connectivity index (χ0n) is 16.4. The van der Waals surface area contributed by atoms with Gasteiger partial charge < -0.3 is 5.32 Å². The number of hydrogen-bond donors (Lipinski definition) is 2. The Morgan fingerprint density at radius 1 is 1.21 bits per heavy atom. The molecule has 2 aromatic heterocycles. The molecule has 0 saturated heterocycles. The van der Waals surface area contributed by atoms with Crippen LogP contribution in [0.25, 0.3) is 22.3 Å². The second-order valence-corrected chi connectivity index (χ2v) is 7.61. The Morgan fingerprint density at radius 2 is 1.97 bits per heavy atom. The number of aromatic amines is 1. The smallest absolute Gasteiger partial charge is 0.251 e. The number of nitrogens with zero attached hydrogens (tertiary/aromatic N) is 4. The van der Waals surface area contributed by atoms with Gasteiger partial charge in [0, 0.05) is 36.0 Å². The number of hydrogen-bond acceptors (Lipinski definition) is 4. The summed E-state index contributed by atoms with van der Waals surface area (Å²) in [6.45, 7) is 3.87. The van der Waals surface area contributed by atoms with E-state index >= 15 is 0 Å². The Morgan fingerprint density at radius 3 is 2.69 bits per heavy atom. The highest BCUT2D eigenvalue weighted by Crippen LogP contribution is 2.28. The van der Waals surface area contributed by atoms with E-state index in [0.29, 0.717) is 22.8 Å². The summed E-state index contributed by atoms with van der Waals surface area (Å²) in [6, 6.07) is 11.3. The van der Waals surface area contributed by atoms with E-state index in [0.717, 1.165) is 27.9 Å². The van der Waals surface area contributed by atoms with E-state index in [-0.39, 0.29) is 11.9 Å². The van der Waals surface area contributed by atoms with Crippen molar-refractivity contribution in [3.05, 3.63) is 64.6 Å². The summed E-state index contributed by atoms with van der Waals surface area (Å²) in [5.74, 6) is 1.32. The predicted octanol–water partition coefficient (Wildman–Crippen LogP) is 3.74. The molecule has 2 heterocycles. The minimum absolute atomic E-state index is 0.0921. The fourth-order valence-electron chi connectivity index (χ4n) is 3.14. The predicted molar refractivity (Wildman–Crippen MR) is 113 cm³/mol. The van der Waals surface area contributed by atoms with Crippen LogP contribution in [0.2, 0.25) is 5.02 Å². The van der Waals surface area contributed by atoms with Crippen molar-refractivity contribution in [3.8, 4) is 11.4 Å². The van der Waals surface area contributed by atoms with Crippen LogP contribution in [0, 0.1) is 0 Å². The van der Waals surface area contributed by atoms with Crippen molar-refractivity contribution in [1.82, 2.24) is 30.3 Å². The fraction of sp³-hybridized carbons (Fsp3) is 0.238. The van der Waals surface area contributed by atoms with Gasteiger partial charge in [-0.3, -0.25) is 14.6 Å². The number of aromatic nitrogens is 5. The van der Waals surface area contributed by atoms with Crippen LogP contribution in [0.15, 0.2) is 42.6 Å². The van der Waals surface area contributed by atoms with Crippen molar-refractivity contribution in [2.75, 3.05) is 0 Å². The molecule has 0 aliphatic carbocycles. The van der Waals surface area contributed by atoms with Crippen LogP contribution in [0.1, 0.15) is 35.6 Å². The Labute approximate surface area is 173 Å². The van der Waals surface area contributed by atoms with Crippen molar-refractivity contribution >= 4 is 28.4 Å². The first-order valence-corrected chi connectivity index (χ1v) is 9.72. The van der Waals surface area contributed by atoms with E-state index in [4.69, 9.17) is 11.6 Å². The van der Waals surface area contributed by atoms with Gasteiger partial charge >= 0.3 is 0 Å². The number of carbonyl (C=O) groups excluding carboxylic acids is 1. The minimum Gasteiger partial charge on any atom is -0.350 e. The van der Waals surface area contributed by atoms with E-state index in [1.165, 1.54) is 0 Å². The molecule has 0 spiro atoms. The average molecular weight is 409 g/mol. The summed E-state index contributed by atoms with van der Waals surface area (Å²) in [6.07, 6.45) is 2.28. The highest BCUT2D eigenvalue weighted by molar-refractivity contribution is 6.36. The first-order valence-electron chi connectivity index (χ1n) is 9.34. The van der Waals surface area contributed by atoms with Crippen LogP contribution in [-0.2, 0) is 13.5 Å². The quantitative estimate of drug-likeness (QED) is 0.526. The van der Waals surface area contributed by atoms with Gasteiger partial charge in [0.05, 0.1) is 16.7 Å². The summed E-state index contributed by atoms with van der Waals surface area (Å²) in [7, 11) is 1.86. The number of halogens is 1. The Balaban J connectivity index is 1.57. The highest BCUT2D eigenvalue weighted by atomic mass is 35.5. The molecule has 0 aliphatic rings. The van der Waals surface area contributed by atoms with Crippen LogP contribution in [0.3, 0.4) is 0 Å². The third-order valence-electron chi connectivity index (χ3n) is 4.67. The molecule has 0 radical (unpaired) electrons. The molecule has 0 atom stereocenters. The molecule has 8 heteroatoms. The van der Waals surface area contributed by atoms with Crippen LogP contribution < -0.4 is 5.32 Å². The lowest BCUT2D eigenvalue weighted by atomic mass is 10.1. The summed E-state index contributed by atoms with van der Waals surface area (Å²) in [5, 5.41) is 15.9. The molecule has 0 saturated carbocycles. The highest BCUT2D eigenvalue weighted by Gasteiger charge is 2.14. The average Bonchev–Trinajstić information content (AvgIpc) is 3.31. The SMILES string of the molecule is CC(C)NC(=O)c1ccc(-c2nc(Cc3ccc4[nH]ncc4c3Cl)n(C)n2)cc1. The molecule has 0 bridgehead atoms. The van der Waals surface area contributed by atoms with Crippen molar-refractivity contribution in [3.63, 3.8) is 0 Å². The molecule has 2 N–H and O–H groups in total. The molecule has 7 nitrogen and oxygen atoms in total. The second-order valence-electron chi connectivity index (χ2n) is 7.23. The van der Waals surface area contributed by atoms with Crippen molar-refractivity contribution < 1.29 is 4.79 Å². The first-order chi connectivity index (χ1) is 13.9. The molecular formula is C21H21ClN6O. The number of fused-ring (bicyclic) bond motifs is 1. The van der Waals surface area contributed by atoms with Crippen molar-refractivity contribution in [2.24, 2.45) is 7.05 Å². The summed E-state index contributed by atoms with van der Waals surface area (Å²) in [4.78, 5) is 16.8. The van der Waals surface area contributed by atoms with Gasteiger partial charge in [0.2, 0.25) is 0 Å². The van der Waals surface area contributed by atoms with Gasteiger partial charge in [-0.15, -0.1) is 0 Å². The van der Waals surface area contributed by atoms with Crippen molar-refractivity contribution in [1.29, 1.82) is 0 Å². The maximum atomic E-state index is 12.1. The number of amides is 1. The summed E-state index contributed by atoms with van der Waals surface area (Å²) < 4.78 is 1.75. The van der Waals surface area contributed by atoms with E-state index in [1.54, 1.807) is 23.0 Å². The number of carbonyl (C=O) groups is 1. The molecule has 148 valence electrons. The largest absolute Gasteiger partial charge is 0.350 e. The third-order valence-corrected chi connectivity index (χ3v) is 5.11. The van der Waals surface area contributed by atoms with Gasteiger partial charge in [-0.05, 0) is 37.6 Å². The van der Waals surface area contributed by atoms with Crippen LogP contribution in [0.4, 0.5) is 0 Å². The van der Waals surface area contributed by atoms with Gasteiger partial charge in [0.1, 0.15) is 5.82 Å². The first kappa shape index (κ1) is 19.1. The Bertz CT molecular complexity index is 1180. The lowest BCUT2D eigenvalue weighted by molar-refractivity contribution is 0.0943. The number of aryl methyl sites for hydroxylation is 1. The Hall–Kier alpha value is -3.19. The maximum absolute atomic E-state index is 12.1. The molecule has 29 heavy (non-hydrogen) atoms. The van der Waals surface area contributed by atoms with Crippen LogP contribution >= 0.6 is 11.6 Å². The van der Waals surface area contributed by atoms with Gasteiger partial charge in [0.25, 0.3) is 5.91 Å². The van der Waals surface area contributed by atoms with Gasteiger partial charge in [-0.25, -0.2) is 4.98 Å². The lowest BCUT2D eigenvalue weighted by Crippen LogP contribution is -2.29. The summed E-state index contributed by atoms with van der Waals surface area (Å²) in [5.41, 5.74) is 3.32. The van der Waals surface area contributed by atoms with E-state index < -0.39 is 0 Å². The molecule has 0 unspecified atom stereocenters. The molecule has 4 rings (SSSR count). The van der Waals surface area contributed by atoms with Gasteiger partial charge in [-0.2, -0.15) is 10.2 Å². The number of rotatable bonds is 5. The molecule has 2 aromatic carbocycles. The van der Waals surface area contributed by atoms with Crippen molar-refractivity contribution in [2.45, 2.75) is 26.3 Å². The molecule has 1 amide bonds. The third kappa shape index (κ3) is 3.86. The van der Waals surface area contributed by atoms with E-state index in [1.807, 2.05) is 45.2 Å². The normalized spacial score (nSPS) is 11.3. The number of nitrogens with one attached hydrogen (secondary N) is 2. The zero-order valence-corrected chi connectivity index (χ0v) is 17.2. The Kier molecular flexibility index (Phi) is 5.07. The summed E-state index contributed by atoms with van der Waals surface area (Å²) >= 11 is 6.54. The zero-order chi connectivity index (χ0) is 20.5. The number of benzene rings is 2. The second kappa shape index (κ2) is 7.67.